The summed E-state index contributed by atoms with van der Waals surface area (Å²) in [6.07, 6.45) is 3.67. The van der Waals surface area contributed by atoms with Gasteiger partial charge in [0.05, 0.1) is 18.4 Å². The number of halogens is 1. The molecule has 2 rings (SSSR count). The van der Waals surface area contributed by atoms with Crippen molar-refractivity contribution in [2.45, 2.75) is 17.6 Å². The summed E-state index contributed by atoms with van der Waals surface area (Å²) < 4.78 is 16.5. The highest BCUT2D eigenvalue weighted by Crippen LogP contribution is 2.41. The molecule has 1 saturated carbocycles. The highest BCUT2D eigenvalue weighted by Gasteiger charge is 2.46. The van der Waals surface area contributed by atoms with Gasteiger partial charge in [-0.25, -0.2) is 0 Å². The SMILES string of the molecule is COc1ccc(NC(N)=NCC2(S(C)=O)CC2)cc1.I. The second-order valence-corrected chi connectivity index (χ2v) is 6.47. The maximum absolute atomic E-state index is 11.5. The van der Waals surface area contributed by atoms with Crippen molar-refractivity contribution in [3.8, 4) is 5.75 Å². The third-order valence-corrected chi connectivity index (χ3v) is 5.07. The Morgan fingerprint density at radius 3 is 2.50 bits per heavy atom. The van der Waals surface area contributed by atoms with E-state index in [1.807, 2.05) is 24.3 Å². The molecule has 7 heteroatoms. The predicted octanol–water partition coefficient (Wildman–Crippen LogP) is 1.95. The lowest BCUT2D eigenvalue weighted by molar-refractivity contribution is 0.415. The smallest absolute Gasteiger partial charge is 0.193 e. The Bertz CT molecular complexity index is 501. The van der Waals surface area contributed by atoms with Crippen molar-refractivity contribution in [3.63, 3.8) is 0 Å². The molecule has 1 aliphatic rings. The lowest BCUT2D eigenvalue weighted by atomic mass is 10.3. The van der Waals surface area contributed by atoms with Gasteiger partial charge in [0.2, 0.25) is 0 Å². The molecule has 1 aliphatic carbocycles. The Morgan fingerprint density at radius 2 is 2.05 bits per heavy atom. The summed E-state index contributed by atoms with van der Waals surface area (Å²) >= 11 is 0. The fourth-order valence-corrected chi connectivity index (χ4v) is 2.69. The van der Waals surface area contributed by atoms with Crippen LogP contribution in [0.1, 0.15) is 12.8 Å². The van der Waals surface area contributed by atoms with Crippen molar-refractivity contribution in [2.24, 2.45) is 10.7 Å². The number of guanidine groups is 1. The first-order valence-corrected chi connectivity index (χ1v) is 7.66. The van der Waals surface area contributed by atoms with Crippen molar-refractivity contribution >= 4 is 46.4 Å². The van der Waals surface area contributed by atoms with E-state index in [1.54, 1.807) is 13.4 Å². The highest BCUT2D eigenvalue weighted by molar-refractivity contribution is 14.0. The Labute approximate surface area is 138 Å². The average molecular weight is 409 g/mol. The first-order valence-electron chi connectivity index (χ1n) is 6.10. The number of nitrogens with zero attached hydrogens (tertiary/aromatic N) is 1. The summed E-state index contributed by atoms with van der Waals surface area (Å²) in [5, 5.41) is 3.01. The number of hydrogen-bond donors (Lipinski definition) is 2. The molecule has 112 valence electrons. The van der Waals surface area contributed by atoms with Crippen LogP contribution in [0.15, 0.2) is 29.3 Å². The number of rotatable bonds is 5. The van der Waals surface area contributed by atoms with Gasteiger partial charge in [0.1, 0.15) is 5.75 Å². The maximum atomic E-state index is 11.5. The van der Waals surface area contributed by atoms with E-state index < -0.39 is 10.8 Å². The number of hydrogen-bond acceptors (Lipinski definition) is 3. The zero-order chi connectivity index (χ0) is 13.9. The van der Waals surface area contributed by atoms with E-state index in [1.165, 1.54) is 0 Å². The molecule has 1 aromatic carbocycles. The Balaban J connectivity index is 0.00000200. The first-order chi connectivity index (χ1) is 9.05. The molecular formula is C13H20IN3O2S. The minimum Gasteiger partial charge on any atom is -0.497 e. The minimum atomic E-state index is -0.839. The molecule has 0 aromatic heterocycles. The molecule has 1 aromatic rings. The van der Waals surface area contributed by atoms with E-state index in [-0.39, 0.29) is 28.7 Å². The van der Waals surface area contributed by atoms with Crippen LogP contribution in [0.5, 0.6) is 5.75 Å². The van der Waals surface area contributed by atoms with Gasteiger partial charge >= 0.3 is 0 Å². The molecule has 1 fully saturated rings. The number of benzene rings is 1. The number of aliphatic imine (C=N–C) groups is 1. The van der Waals surface area contributed by atoms with Gasteiger partial charge < -0.3 is 15.8 Å². The molecule has 0 amide bonds. The fraction of sp³-hybridized carbons (Fsp3) is 0.462. The highest BCUT2D eigenvalue weighted by atomic mass is 127. The second-order valence-electron chi connectivity index (χ2n) is 4.69. The summed E-state index contributed by atoms with van der Waals surface area (Å²) in [7, 11) is 0.784. The monoisotopic (exact) mass is 409 g/mol. The third kappa shape index (κ3) is 4.34. The molecule has 0 saturated heterocycles. The summed E-state index contributed by atoms with van der Waals surface area (Å²) in [6, 6.07) is 7.43. The molecule has 1 unspecified atom stereocenters. The quantitative estimate of drug-likeness (QED) is 0.443. The molecule has 0 spiro atoms. The van der Waals surface area contributed by atoms with Crippen LogP contribution in [0.25, 0.3) is 0 Å². The lowest BCUT2D eigenvalue weighted by Gasteiger charge is -2.10. The normalized spacial score (nSPS) is 17.8. The number of nitrogens with one attached hydrogen (secondary N) is 1. The van der Waals surface area contributed by atoms with E-state index in [0.29, 0.717) is 12.5 Å². The fourth-order valence-electron chi connectivity index (χ4n) is 1.77. The number of ether oxygens (including phenoxy) is 1. The van der Waals surface area contributed by atoms with E-state index in [9.17, 15) is 4.21 Å². The second kappa shape index (κ2) is 7.26. The minimum absolute atomic E-state index is 0. The van der Waals surface area contributed by atoms with E-state index in [4.69, 9.17) is 10.5 Å². The van der Waals surface area contributed by atoms with Crippen molar-refractivity contribution in [1.29, 1.82) is 0 Å². The van der Waals surface area contributed by atoms with Gasteiger partial charge in [0.25, 0.3) is 0 Å². The Kier molecular flexibility index (Phi) is 6.25. The van der Waals surface area contributed by atoms with Gasteiger partial charge in [-0.05, 0) is 37.1 Å². The summed E-state index contributed by atoms with van der Waals surface area (Å²) in [4.78, 5) is 4.28. The Morgan fingerprint density at radius 1 is 1.45 bits per heavy atom. The van der Waals surface area contributed by atoms with Crippen LogP contribution in [0.3, 0.4) is 0 Å². The van der Waals surface area contributed by atoms with E-state index in [2.05, 4.69) is 10.3 Å². The molecule has 0 aliphatic heterocycles. The van der Waals surface area contributed by atoms with Gasteiger partial charge in [-0.1, -0.05) is 0 Å². The molecule has 20 heavy (non-hydrogen) atoms. The zero-order valence-electron chi connectivity index (χ0n) is 11.6. The molecule has 0 radical (unpaired) electrons. The van der Waals surface area contributed by atoms with Crippen LogP contribution in [-0.2, 0) is 10.8 Å². The topological polar surface area (TPSA) is 76.7 Å². The van der Waals surface area contributed by atoms with Gasteiger partial charge in [0, 0.05) is 22.7 Å². The molecule has 1 atom stereocenters. The standard InChI is InChI=1S/C13H19N3O2S.HI/c1-18-11-5-3-10(4-6-11)16-12(14)15-9-13(7-8-13)19(2)17;/h3-6H,7-9H2,1-2H3,(H3,14,15,16);1H. The average Bonchev–Trinajstić information content (AvgIpc) is 3.18. The van der Waals surface area contributed by atoms with Crippen LogP contribution >= 0.6 is 24.0 Å². The molecule has 3 N–H and O–H groups in total. The van der Waals surface area contributed by atoms with Crippen LogP contribution in [-0.4, -0.2) is 34.8 Å². The van der Waals surface area contributed by atoms with E-state index >= 15 is 0 Å². The van der Waals surface area contributed by atoms with Crippen LogP contribution in [0, 0.1) is 0 Å². The van der Waals surface area contributed by atoms with Crippen molar-refractivity contribution in [1.82, 2.24) is 0 Å². The summed E-state index contributed by atoms with van der Waals surface area (Å²) in [5.74, 6) is 1.14. The lowest BCUT2D eigenvalue weighted by Crippen LogP contribution is -2.27. The van der Waals surface area contributed by atoms with E-state index in [0.717, 1.165) is 24.3 Å². The van der Waals surface area contributed by atoms with Gasteiger partial charge in [-0.15, -0.1) is 24.0 Å². The van der Waals surface area contributed by atoms with Crippen LogP contribution in [0.2, 0.25) is 0 Å². The first kappa shape index (κ1) is 17.2. The van der Waals surface area contributed by atoms with Gasteiger partial charge in [0.15, 0.2) is 5.96 Å². The number of anilines is 1. The molecule has 5 nitrogen and oxygen atoms in total. The van der Waals surface area contributed by atoms with Crippen molar-refractivity contribution < 1.29 is 8.95 Å². The maximum Gasteiger partial charge on any atom is 0.193 e. The largest absolute Gasteiger partial charge is 0.497 e. The summed E-state index contributed by atoms with van der Waals surface area (Å²) in [5.41, 5.74) is 6.67. The van der Waals surface area contributed by atoms with Crippen molar-refractivity contribution in [2.75, 3.05) is 25.2 Å². The molecule has 0 heterocycles. The van der Waals surface area contributed by atoms with Crippen LogP contribution in [0.4, 0.5) is 5.69 Å². The van der Waals surface area contributed by atoms with Gasteiger partial charge in [-0.3, -0.25) is 9.20 Å². The third-order valence-electron chi connectivity index (χ3n) is 3.32. The molecular weight excluding hydrogens is 389 g/mol. The molecule has 0 bridgehead atoms. The number of methoxy groups -OCH3 is 1. The Hall–Kier alpha value is -0.830. The van der Waals surface area contributed by atoms with Crippen molar-refractivity contribution in [3.05, 3.63) is 24.3 Å². The van der Waals surface area contributed by atoms with Gasteiger partial charge in [-0.2, -0.15) is 0 Å². The zero-order valence-corrected chi connectivity index (χ0v) is 14.7. The summed E-state index contributed by atoms with van der Waals surface area (Å²) in [6.45, 7) is 0.519. The predicted molar refractivity (Wildman–Crippen MR) is 94.6 cm³/mol. The number of nitrogens with two attached hydrogens (primary N) is 1. The van der Waals surface area contributed by atoms with Crippen LogP contribution < -0.4 is 15.8 Å².